The summed E-state index contributed by atoms with van der Waals surface area (Å²) in [6.45, 7) is 0.887. The lowest BCUT2D eigenvalue weighted by Gasteiger charge is -2.17. The molecule has 2 nitrogen and oxygen atoms in total. The molecule has 0 unspecified atom stereocenters. The monoisotopic (exact) mass is 153 g/mol. The van der Waals surface area contributed by atoms with Crippen LogP contribution in [-0.4, -0.2) is 13.2 Å². The average Bonchev–Trinajstić information content (AvgIpc) is 2.06. The normalized spacial score (nSPS) is 14.6. The highest BCUT2D eigenvalue weighted by atomic mass is 19.1. The van der Waals surface area contributed by atoms with Crippen LogP contribution in [0.1, 0.15) is 0 Å². The Balaban J connectivity index is 2.49. The zero-order valence-electron chi connectivity index (χ0n) is 5.76. The molecule has 0 aromatic heterocycles. The van der Waals surface area contributed by atoms with Crippen molar-refractivity contribution in [3.8, 4) is 11.5 Å². The fourth-order valence-corrected chi connectivity index (χ4v) is 0.983. The van der Waals surface area contributed by atoms with Gasteiger partial charge in [-0.05, 0) is 12.1 Å². The molecule has 0 saturated carbocycles. The Labute approximate surface area is 63.5 Å². The molecule has 0 N–H and O–H groups in total. The molecular weight excluding hydrogens is 147 g/mol. The number of hydrogen-bond donors (Lipinski definition) is 0. The first-order chi connectivity index (χ1) is 5.38. The second-order valence-electron chi connectivity index (χ2n) is 2.18. The molecule has 0 saturated heterocycles. The quantitative estimate of drug-likeness (QED) is 0.560. The van der Waals surface area contributed by atoms with Gasteiger partial charge >= 0.3 is 0 Å². The van der Waals surface area contributed by atoms with Crippen molar-refractivity contribution in [1.82, 2.24) is 0 Å². The standard InChI is InChI=1S/C8H6FO2/c9-6-2-1-3-7-8(6)11-5-4-10-7/h1,3H,4-5H2. The zero-order chi connectivity index (χ0) is 7.68. The highest BCUT2D eigenvalue weighted by Crippen LogP contribution is 2.31. The van der Waals surface area contributed by atoms with Gasteiger partial charge in [0.05, 0.1) is 0 Å². The fraction of sp³-hybridized carbons (Fsp3) is 0.250. The van der Waals surface area contributed by atoms with E-state index in [0.717, 1.165) is 0 Å². The number of rotatable bonds is 0. The van der Waals surface area contributed by atoms with Crippen LogP contribution in [0.25, 0.3) is 0 Å². The van der Waals surface area contributed by atoms with Gasteiger partial charge in [0.25, 0.3) is 0 Å². The molecule has 1 aromatic rings. The molecule has 0 spiro atoms. The number of benzene rings is 1. The van der Waals surface area contributed by atoms with Crippen LogP contribution in [0.3, 0.4) is 0 Å². The Hall–Kier alpha value is -1.25. The lowest BCUT2D eigenvalue weighted by Crippen LogP contribution is -2.16. The molecule has 0 bridgehead atoms. The third-order valence-electron chi connectivity index (χ3n) is 1.46. The first kappa shape index (κ1) is 6.46. The molecule has 11 heavy (non-hydrogen) atoms. The fourth-order valence-electron chi connectivity index (χ4n) is 0.983. The minimum atomic E-state index is -0.484. The molecule has 1 radical (unpaired) electrons. The summed E-state index contributed by atoms with van der Waals surface area (Å²) in [7, 11) is 0. The van der Waals surface area contributed by atoms with Crippen LogP contribution in [0.4, 0.5) is 4.39 Å². The molecule has 1 aliphatic heterocycles. The van der Waals surface area contributed by atoms with Crippen LogP contribution in [0.15, 0.2) is 12.1 Å². The summed E-state index contributed by atoms with van der Waals surface area (Å²) >= 11 is 0. The molecular formula is C8H6FO2. The number of halogens is 1. The molecule has 1 heterocycles. The predicted molar refractivity (Wildman–Crippen MR) is 36.2 cm³/mol. The smallest absolute Gasteiger partial charge is 0.197 e. The lowest BCUT2D eigenvalue weighted by molar-refractivity contribution is 0.164. The van der Waals surface area contributed by atoms with Crippen LogP contribution in [-0.2, 0) is 0 Å². The van der Waals surface area contributed by atoms with Crippen molar-refractivity contribution >= 4 is 0 Å². The summed E-state index contributed by atoms with van der Waals surface area (Å²) in [5, 5.41) is 0. The van der Waals surface area contributed by atoms with Gasteiger partial charge in [-0.2, -0.15) is 0 Å². The number of fused-ring (bicyclic) bond motifs is 1. The zero-order valence-corrected chi connectivity index (χ0v) is 5.76. The highest BCUT2D eigenvalue weighted by Gasteiger charge is 2.14. The first-order valence-corrected chi connectivity index (χ1v) is 3.34. The number of ether oxygens (including phenoxy) is 2. The van der Waals surface area contributed by atoms with E-state index in [1.165, 1.54) is 6.07 Å². The summed E-state index contributed by atoms with van der Waals surface area (Å²) in [6.07, 6.45) is 0. The minimum absolute atomic E-state index is 0.179. The number of hydrogen-bond acceptors (Lipinski definition) is 2. The van der Waals surface area contributed by atoms with E-state index in [2.05, 4.69) is 6.07 Å². The molecule has 1 aromatic carbocycles. The van der Waals surface area contributed by atoms with E-state index in [1.54, 1.807) is 6.07 Å². The van der Waals surface area contributed by atoms with E-state index < -0.39 is 5.82 Å². The molecule has 1 aliphatic rings. The summed E-state index contributed by atoms with van der Waals surface area (Å²) < 4.78 is 23.0. The van der Waals surface area contributed by atoms with E-state index in [1.807, 2.05) is 0 Å². The van der Waals surface area contributed by atoms with Gasteiger partial charge in [-0.1, -0.05) is 0 Å². The van der Waals surface area contributed by atoms with Gasteiger partial charge in [-0.3, -0.25) is 0 Å². The predicted octanol–water partition coefficient (Wildman–Crippen LogP) is 1.40. The van der Waals surface area contributed by atoms with Gasteiger partial charge in [-0.25, -0.2) is 4.39 Å². The third kappa shape index (κ3) is 1.02. The van der Waals surface area contributed by atoms with Crippen LogP contribution in [0, 0.1) is 11.9 Å². The van der Waals surface area contributed by atoms with Crippen LogP contribution in [0.5, 0.6) is 11.5 Å². The molecule has 0 amide bonds. The first-order valence-electron chi connectivity index (χ1n) is 3.34. The Morgan fingerprint density at radius 2 is 2.18 bits per heavy atom. The van der Waals surface area contributed by atoms with Crippen LogP contribution < -0.4 is 9.47 Å². The van der Waals surface area contributed by atoms with E-state index in [9.17, 15) is 4.39 Å². The summed E-state index contributed by atoms with van der Waals surface area (Å²) in [5.74, 6) is 0.161. The summed E-state index contributed by atoms with van der Waals surface area (Å²) in [4.78, 5) is 0. The van der Waals surface area contributed by atoms with Gasteiger partial charge < -0.3 is 9.47 Å². The Bertz CT molecular complexity index is 273. The molecule has 0 fully saturated rings. The largest absolute Gasteiger partial charge is 0.486 e. The van der Waals surface area contributed by atoms with Crippen molar-refractivity contribution < 1.29 is 13.9 Å². The van der Waals surface area contributed by atoms with E-state index in [-0.39, 0.29) is 5.75 Å². The maximum Gasteiger partial charge on any atom is 0.197 e. The van der Waals surface area contributed by atoms with Crippen molar-refractivity contribution in [3.05, 3.63) is 24.0 Å². The Morgan fingerprint density at radius 1 is 1.36 bits per heavy atom. The highest BCUT2D eigenvalue weighted by molar-refractivity contribution is 5.41. The van der Waals surface area contributed by atoms with Crippen molar-refractivity contribution in [2.75, 3.05) is 13.2 Å². The Morgan fingerprint density at radius 3 is 3.00 bits per heavy atom. The second kappa shape index (κ2) is 2.42. The van der Waals surface area contributed by atoms with Gasteiger partial charge in [0.2, 0.25) is 0 Å². The van der Waals surface area contributed by atoms with Crippen molar-refractivity contribution in [1.29, 1.82) is 0 Å². The van der Waals surface area contributed by atoms with Gasteiger partial charge in [0.15, 0.2) is 17.3 Å². The van der Waals surface area contributed by atoms with E-state index in [4.69, 9.17) is 9.47 Å². The molecule has 0 atom stereocenters. The van der Waals surface area contributed by atoms with E-state index >= 15 is 0 Å². The molecule has 0 aliphatic carbocycles. The molecule has 2 rings (SSSR count). The van der Waals surface area contributed by atoms with Gasteiger partial charge in [0, 0.05) is 6.07 Å². The maximum atomic E-state index is 12.8. The third-order valence-corrected chi connectivity index (χ3v) is 1.46. The van der Waals surface area contributed by atoms with Crippen LogP contribution >= 0.6 is 0 Å². The summed E-state index contributed by atoms with van der Waals surface area (Å²) in [6, 6.07) is 5.50. The Kier molecular flexibility index (Phi) is 1.42. The molecule has 3 heteroatoms. The SMILES string of the molecule is Fc1[c]ccc2c1OCCO2. The van der Waals surface area contributed by atoms with Gasteiger partial charge in [-0.15, -0.1) is 0 Å². The average molecular weight is 153 g/mol. The maximum absolute atomic E-state index is 12.8. The molecule has 57 valence electrons. The second-order valence-corrected chi connectivity index (χ2v) is 2.18. The summed E-state index contributed by atoms with van der Waals surface area (Å²) in [5.41, 5.74) is 0. The minimum Gasteiger partial charge on any atom is -0.486 e. The van der Waals surface area contributed by atoms with Crippen molar-refractivity contribution in [2.45, 2.75) is 0 Å². The topological polar surface area (TPSA) is 18.5 Å². The van der Waals surface area contributed by atoms with Crippen LogP contribution in [0.2, 0.25) is 0 Å². The van der Waals surface area contributed by atoms with Crippen molar-refractivity contribution in [3.63, 3.8) is 0 Å². The lowest BCUT2D eigenvalue weighted by atomic mass is 10.3. The van der Waals surface area contributed by atoms with E-state index in [0.29, 0.717) is 19.0 Å². The van der Waals surface area contributed by atoms with Gasteiger partial charge in [0.1, 0.15) is 13.2 Å². The van der Waals surface area contributed by atoms with Crippen molar-refractivity contribution in [2.24, 2.45) is 0 Å².